The lowest BCUT2D eigenvalue weighted by molar-refractivity contribution is -0.113. The Bertz CT molecular complexity index is 1070. The number of rotatable bonds is 6. The molecular formula is C21H20N2O4S. The van der Waals surface area contributed by atoms with Crippen molar-refractivity contribution in [1.29, 1.82) is 5.26 Å². The van der Waals surface area contributed by atoms with Crippen LogP contribution in [-0.4, -0.2) is 27.4 Å². The molecule has 0 spiro atoms. The van der Waals surface area contributed by atoms with Crippen LogP contribution in [0.25, 0.3) is 6.08 Å². The van der Waals surface area contributed by atoms with E-state index in [2.05, 4.69) is 0 Å². The third-order valence-electron chi connectivity index (χ3n) is 4.68. The highest BCUT2D eigenvalue weighted by atomic mass is 32.2. The fourth-order valence-electron chi connectivity index (χ4n) is 3.34. The Balaban J connectivity index is 2.19. The number of hydrogen-bond acceptors (Lipinski definition) is 5. The maximum Gasteiger partial charge on any atom is 0.264 e. The minimum absolute atomic E-state index is 0.0925. The Hall–Kier alpha value is -3.11. The van der Waals surface area contributed by atoms with Crippen LogP contribution in [0.15, 0.2) is 59.0 Å². The van der Waals surface area contributed by atoms with Gasteiger partial charge in [0.15, 0.2) is 5.78 Å². The molecule has 28 heavy (non-hydrogen) atoms. The molecule has 0 radical (unpaired) electrons. The van der Waals surface area contributed by atoms with E-state index in [0.29, 0.717) is 22.6 Å². The van der Waals surface area contributed by atoms with Crippen LogP contribution in [-0.2, 0) is 14.8 Å². The van der Waals surface area contributed by atoms with Crippen LogP contribution in [0.1, 0.15) is 25.3 Å². The summed E-state index contributed by atoms with van der Waals surface area (Å²) in [6.45, 7) is 1.41. The molecule has 0 saturated carbocycles. The number of anilines is 1. The average molecular weight is 396 g/mol. The predicted molar refractivity (Wildman–Crippen MR) is 106 cm³/mol. The number of Topliss-reactive ketones (excluding diaryl/α,β-unsaturated/α-hetero) is 1. The van der Waals surface area contributed by atoms with Gasteiger partial charge in [-0.3, -0.25) is 9.10 Å². The Labute approximate surface area is 164 Å². The van der Waals surface area contributed by atoms with Gasteiger partial charge in [0.05, 0.1) is 29.8 Å². The molecule has 7 heteroatoms. The van der Waals surface area contributed by atoms with Gasteiger partial charge >= 0.3 is 0 Å². The number of para-hydroxylation sites is 1. The van der Waals surface area contributed by atoms with Crippen molar-refractivity contribution >= 4 is 27.6 Å². The Morgan fingerprint density at radius 3 is 2.46 bits per heavy atom. The van der Waals surface area contributed by atoms with E-state index in [1.54, 1.807) is 42.5 Å². The lowest BCUT2D eigenvalue weighted by Crippen LogP contribution is -2.45. The molecule has 0 amide bonds. The number of benzene rings is 2. The van der Waals surface area contributed by atoms with Gasteiger partial charge < -0.3 is 4.74 Å². The number of ether oxygens (including phenoxy) is 1. The van der Waals surface area contributed by atoms with Crippen molar-refractivity contribution in [3.63, 3.8) is 0 Å². The first-order chi connectivity index (χ1) is 13.4. The van der Waals surface area contributed by atoms with E-state index in [9.17, 15) is 13.2 Å². The molecule has 1 heterocycles. The molecule has 1 unspecified atom stereocenters. The highest BCUT2D eigenvalue weighted by Gasteiger charge is 2.38. The Kier molecular flexibility index (Phi) is 5.52. The summed E-state index contributed by atoms with van der Waals surface area (Å²) < 4.78 is 33.5. The van der Waals surface area contributed by atoms with Gasteiger partial charge in [-0.2, -0.15) is 5.26 Å². The second kappa shape index (κ2) is 7.87. The van der Waals surface area contributed by atoms with Gasteiger partial charge in [0.25, 0.3) is 10.0 Å². The number of carbonyl (C=O) groups excluding carboxylic acids is 1. The van der Waals surface area contributed by atoms with Crippen LogP contribution in [0.5, 0.6) is 5.75 Å². The summed E-state index contributed by atoms with van der Waals surface area (Å²) in [5.41, 5.74) is 1.52. The third-order valence-corrected chi connectivity index (χ3v) is 6.52. The molecule has 0 aromatic heterocycles. The monoisotopic (exact) mass is 396 g/mol. The van der Waals surface area contributed by atoms with Gasteiger partial charge in [0.1, 0.15) is 5.75 Å². The van der Waals surface area contributed by atoms with Gasteiger partial charge in [-0.15, -0.1) is 0 Å². The molecule has 144 valence electrons. The van der Waals surface area contributed by atoms with Crippen molar-refractivity contribution in [2.75, 3.05) is 11.4 Å². The molecule has 1 aliphatic rings. The average Bonchev–Trinajstić information content (AvgIpc) is 2.70. The fraction of sp³-hybridized carbons (Fsp3) is 0.238. The molecule has 0 N–H and O–H groups in total. The molecule has 2 aromatic rings. The minimum atomic E-state index is -3.97. The van der Waals surface area contributed by atoms with Crippen molar-refractivity contribution in [2.45, 2.75) is 30.7 Å². The highest BCUT2D eigenvalue weighted by Crippen LogP contribution is 2.39. The molecule has 1 atom stereocenters. The highest BCUT2D eigenvalue weighted by molar-refractivity contribution is 7.92. The summed E-state index contributed by atoms with van der Waals surface area (Å²) in [4.78, 5) is 12.4. The van der Waals surface area contributed by atoms with Gasteiger partial charge in [-0.1, -0.05) is 18.2 Å². The normalized spacial score (nSPS) is 16.0. The van der Waals surface area contributed by atoms with Crippen LogP contribution in [0, 0.1) is 11.3 Å². The van der Waals surface area contributed by atoms with Crippen molar-refractivity contribution in [3.8, 4) is 11.8 Å². The van der Waals surface area contributed by atoms with E-state index in [4.69, 9.17) is 10.00 Å². The summed E-state index contributed by atoms with van der Waals surface area (Å²) in [5.74, 6) is 0.329. The molecule has 0 fully saturated rings. The molecule has 1 aliphatic heterocycles. The van der Waals surface area contributed by atoms with Crippen molar-refractivity contribution in [3.05, 3.63) is 59.7 Å². The lowest BCUT2D eigenvalue weighted by Gasteiger charge is -2.37. The predicted octanol–water partition coefficient (Wildman–Crippen LogP) is 3.55. The topological polar surface area (TPSA) is 87.5 Å². The van der Waals surface area contributed by atoms with Gasteiger partial charge in [0.2, 0.25) is 0 Å². The molecule has 6 nitrogen and oxygen atoms in total. The molecule has 0 bridgehead atoms. The Morgan fingerprint density at radius 2 is 1.86 bits per heavy atom. The van der Waals surface area contributed by atoms with E-state index in [1.807, 2.05) is 6.07 Å². The van der Waals surface area contributed by atoms with E-state index >= 15 is 0 Å². The SMILES string of the molecule is COc1ccc(S(=O)(=O)N2c3ccccc3C=C(C(C)=O)C2CCC#N)cc1. The number of nitrogens with zero attached hydrogens (tertiary/aromatic N) is 2. The van der Waals surface area contributed by atoms with Gasteiger partial charge in [-0.25, -0.2) is 8.42 Å². The first-order valence-electron chi connectivity index (χ1n) is 8.77. The van der Waals surface area contributed by atoms with E-state index < -0.39 is 16.1 Å². The zero-order valence-electron chi connectivity index (χ0n) is 15.6. The van der Waals surface area contributed by atoms with Crippen molar-refractivity contribution in [1.82, 2.24) is 0 Å². The lowest BCUT2D eigenvalue weighted by atomic mass is 9.92. The summed E-state index contributed by atoms with van der Waals surface area (Å²) in [5, 5.41) is 9.04. The number of methoxy groups -OCH3 is 1. The van der Waals surface area contributed by atoms with Crippen LogP contribution < -0.4 is 9.04 Å². The maximum absolute atomic E-state index is 13.6. The number of sulfonamides is 1. The van der Waals surface area contributed by atoms with Crippen LogP contribution in [0.2, 0.25) is 0 Å². The molecular weight excluding hydrogens is 376 g/mol. The first-order valence-corrected chi connectivity index (χ1v) is 10.2. The second-order valence-electron chi connectivity index (χ2n) is 6.40. The van der Waals surface area contributed by atoms with E-state index in [1.165, 1.54) is 30.5 Å². The van der Waals surface area contributed by atoms with Crippen LogP contribution >= 0.6 is 0 Å². The van der Waals surface area contributed by atoms with E-state index in [0.717, 1.165) is 0 Å². The number of nitriles is 1. The van der Waals surface area contributed by atoms with Gasteiger partial charge in [0, 0.05) is 12.0 Å². The molecule has 2 aromatic carbocycles. The van der Waals surface area contributed by atoms with Crippen molar-refractivity contribution < 1.29 is 17.9 Å². The zero-order chi connectivity index (χ0) is 20.3. The maximum atomic E-state index is 13.6. The van der Waals surface area contributed by atoms with E-state index in [-0.39, 0.29) is 23.5 Å². The van der Waals surface area contributed by atoms with Gasteiger partial charge in [-0.05, 0) is 55.3 Å². The minimum Gasteiger partial charge on any atom is -0.497 e. The number of ketones is 1. The zero-order valence-corrected chi connectivity index (χ0v) is 16.4. The molecule has 3 rings (SSSR count). The Morgan fingerprint density at radius 1 is 1.18 bits per heavy atom. The van der Waals surface area contributed by atoms with Crippen molar-refractivity contribution in [2.24, 2.45) is 0 Å². The molecule has 0 saturated heterocycles. The summed E-state index contributed by atoms with van der Waals surface area (Å²) in [7, 11) is -2.46. The molecule has 0 aliphatic carbocycles. The number of carbonyl (C=O) groups is 1. The first kappa shape index (κ1) is 19.6. The van der Waals surface area contributed by atoms with Crippen LogP contribution in [0.4, 0.5) is 5.69 Å². The number of hydrogen-bond donors (Lipinski definition) is 0. The standard InChI is InChI=1S/C21H20N2O4S/c1-15(24)19-14-16-6-3-4-7-20(16)23(21(19)8-5-13-22)28(25,26)18-11-9-17(27-2)10-12-18/h3-4,6-7,9-12,14,21H,5,8H2,1-2H3. The fourth-order valence-corrected chi connectivity index (χ4v) is 5.02. The number of fused-ring (bicyclic) bond motifs is 1. The quantitative estimate of drug-likeness (QED) is 0.745. The summed E-state index contributed by atoms with van der Waals surface area (Å²) in [6, 6.07) is 14.5. The smallest absolute Gasteiger partial charge is 0.264 e. The summed E-state index contributed by atoms with van der Waals surface area (Å²) in [6.07, 6.45) is 2.08. The summed E-state index contributed by atoms with van der Waals surface area (Å²) >= 11 is 0. The largest absolute Gasteiger partial charge is 0.497 e. The third kappa shape index (κ3) is 3.51. The van der Waals surface area contributed by atoms with Crippen LogP contribution in [0.3, 0.4) is 0 Å². The second-order valence-corrected chi connectivity index (χ2v) is 8.22.